The molecule has 1 atom stereocenters. The molecule has 1 N–H and O–H groups in total. The number of hydrogen-bond acceptors (Lipinski definition) is 4. The Hall–Kier alpha value is 0.870. The van der Waals surface area contributed by atoms with Crippen LogP contribution in [0.15, 0.2) is 0 Å². The molecule has 0 aromatic heterocycles. The van der Waals surface area contributed by atoms with Gasteiger partial charge in [-0.3, -0.25) is 0 Å². The largest absolute Gasteiger partial charge is 1.00 e. The van der Waals surface area contributed by atoms with Crippen molar-refractivity contribution in [3.8, 4) is 0 Å². The predicted octanol–water partition coefficient (Wildman–Crippen LogP) is 0.598. The van der Waals surface area contributed by atoms with Crippen LogP contribution in [0, 0.1) is 0 Å². The van der Waals surface area contributed by atoms with Crippen LogP contribution in [0.2, 0.25) is 0 Å². The Morgan fingerprint density at radius 3 is 1.71 bits per heavy atom. The van der Waals surface area contributed by atoms with Crippen molar-refractivity contribution in [3.05, 3.63) is 0 Å². The Kier molecular flexibility index (Phi) is 18.1. The molecule has 0 aliphatic heterocycles. The first-order chi connectivity index (χ1) is 9.52. The van der Waals surface area contributed by atoms with Gasteiger partial charge in [-0.15, -0.1) is 0 Å². The van der Waals surface area contributed by atoms with Gasteiger partial charge in [-0.05, 0) is 25.7 Å². The first-order valence-corrected chi connectivity index (χ1v) is 9.55. The van der Waals surface area contributed by atoms with E-state index in [4.69, 9.17) is 5.11 Å². The van der Waals surface area contributed by atoms with Crippen LogP contribution in [0.25, 0.3) is 0 Å². The second-order valence-corrected chi connectivity index (χ2v) is 7.25. The van der Waals surface area contributed by atoms with Gasteiger partial charge >= 0.3 is 29.6 Å². The van der Waals surface area contributed by atoms with Crippen molar-refractivity contribution < 1.29 is 47.6 Å². The van der Waals surface area contributed by atoms with Gasteiger partial charge in [0.25, 0.3) is 0 Å². The normalized spacial score (nSPS) is 12.9. The van der Waals surface area contributed by atoms with Crippen molar-refractivity contribution >= 4 is 10.1 Å². The topological polar surface area (TPSA) is 77.4 Å². The molecule has 1 unspecified atom stereocenters. The fourth-order valence-corrected chi connectivity index (χ4v) is 3.33. The zero-order valence-corrected chi connectivity index (χ0v) is 16.7. The molecule has 0 aliphatic rings. The molecule has 21 heavy (non-hydrogen) atoms. The van der Waals surface area contributed by atoms with Gasteiger partial charge in [0.05, 0.1) is 10.1 Å². The molecule has 0 fully saturated rings. The van der Waals surface area contributed by atoms with Crippen LogP contribution < -0.4 is 29.6 Å². The van der Waals surface area contributed by atoms with E-state index in [2.05, 4.69) is 6.92 Å². The number of hydrogen-bond donors (Lipinski definition) is 1. The number of aliphatic hydroxyl groups excluding tert-OH is 1. The van der Waals surface area contributed by atoms with Gasteiger partial charge < -0.3 is 9.66 Å². The number of unbranched alkanes of at least 4 members (excludes halogenated alkanes) is 8. The third kappa shape index (κ3) is 15.5. The maximum Gasteiger partial charge on any atom is 1.00 e. The van der Waals surface area contributed by atoms with Gasteiger partial charge in [-0.2, -0.15) is 0 Å². The van der Waals surface area contributed by atoms with E-state index in [9.17, 15) is 13.0 Å². The summed E-state index contributed by atoms with van der Waals surface area (Å²) in [5.74, 6) is 0. The van der Waals surface area contributed by atoms with Crippen LogP contribution in [0.1, 0.15) is 84.0 Å². The average molecular weight is 330 g/mol. The maximum absolute atomic E-state index is 11.1. The zero-order valence-electron chi connectivity index (χ0n) is 13.8. The maximum atomic E-state index is 11.1. The van der Waals surface area contributed by atoms with Gasteiger partial charge in [0, 0.05) is 11.9 Å². The minimum absolute atomic E-state index is 0. The van der Waals surface area contributed by atoms with Gasteiger partial charge in [0.2, 0.25) is 0 Å². The molecule has 0 saturated heterocycles. The van der Waals surface area contributed by atoms with Crippen molar-refractivity contribution in [1.29, 1.82) is 0 Å². The van der Waals surface area contributed by atoms with Crippen LogP contribution in [-0.2, 0) is 10.1 Å². The molecule has 0 aliphatic carbocycles. The SMILES string of the molecule is CCCCCCCCCCC(CCCCO)S(=O)(=O)[O-].[Na+]. The van der Waals surface area contributed by atoms with E-state index in [1.165, 1.54) is 32.1 Å². The Morgan fingerprint density at radius 2 is 1.29 bits per heavy atom. The molecule has 0 bridgehead atoms. The van der Waals surface area contributed by atoms with E-state index in [1.54, 1.807) is 0 Å². The quantitative estimate of drug-likeness (QED) is 0.287. The molecule has 0 saturated carbocycles. The summed E-state index contributed by atoms with van der Waals surface area (Å²) in [4.78, 5) is 0. The minimum Gasteiger partial charge on any atom is -0.748 e. The van der Waals surface area contributed by atoms with Gasteiger partial charge in [0.15, 0.2) is 0 Å². The van der Waals surface area contributed by atoms with Crippen molar-refractivity contribution in [3.63, 3.8) is 0 Å². The fraction of sp³-hybridized carbons (Fsp3) is 1.00. The molecule has 0 rings (SSSR count). The molecule has 0 heterocycles. The second kappa shape index (κ2) is 15.8. The van der Waals surface area contributed by atoms with Crippen LogP contribution in [0.4, 0.5) is 0 Å². The monoisotopic (exact) mass is 330 g/mol. The van der Waals surface area contributed by atoms with Crippen molar-refractivity contribution in [2.75, 3.05) is 6.61 Å². The van der Waals surface area contributed by atoms with Gasteiger partial charge in [-0.25, -0.2) is 8.42 Å². The van der Waals surface area contributed by atoms with Crippen molar-refractivity contribution in [2.24, 2.45) is 0 Å². The Bertz CT molecular complexity index is 307. The van der Waals surface area contributed by atoms with E-state index in [0.29, 0.717) is 25.7 Å². The third-order valence-electron chi connectivity index (χ3n) is 3.72. The van der Waals surface area contributed by atoms with Gasteiger partial charge in [-0.1, -0.05) is 58.3 Å². The predicted molar refractivity (Wildman–Crippen MR) is 81.6 cm³/mol. The Morgan fingerprint density at radius 1 is 0.857 bits per heavy atom. The summed E-state index contributed by atoms with van der Waals surface area (Å²) in [5.41, 5.74) is 0. The van der Waals surface area contributed by atoms with E-state index in [-0.39, 0.29) is 36.2 Å². The second-order valence-electron chi connectivity index (χ2n) is 5.60. The Balaban J connectivity index is 0. The molecule has 122 valence electrons. The molecule has 4 nitrogen and oxygen atoms in total. The smallest absolute Gasteiger partial charge is 0.748 e. The summed E-state index contributed by atoms with van der Waals surface area (Å²) < 4.78 is 33.4. The summed E-state index contributed by atoms with van der Waals surface area (Å²) >= 11 is 0. The standard InChI is InChI=1S/C15H32O4S.Na/c1-2-3-4-5-6-7-8-9-12-15(20(17,18)19)13-10-11-14-16;/h15-16H,2-14H2,1H3,(H,17,18,19);/q;+1/p-1. The van der Waals surface area contributed by atoms with E-state index >= 15 is 0 Å². The summed E-state index contributed by atoms with van der Waals surface area (Å²) in [6.07, 6.45) is 11.3. The van der Waals surface area contributed by atoms with E-state index in [0.717, 1.165) is 19.3 Å². The summed E-state index contributed by atoms with van der Waals surface area (Å²) in [6, 6.07) is 0. The first kappa shape index (κ1) is 24.1. The summed E-state index contributed by atoms with van der Waals surface area (Å²) in [6.45, 7) is 2.25. The average Bonchev–Trinajstić information content (AvgIpc) is 2.38. The molecule has 0 amide bonds. The van der Waals surface area contributed by atoms with Crippen LogP contribution in [0.5, 0.6) is 0 Å². The number of rotatable bonds is 14. The van der Waals surface area contributed by atoms with Crippen LogP contribution >= 0.6 is 0 Å². The van der Waals surface area contributed by atoms with E-state index < -0.39 is 15.4 Å². The Labute approximate surface area is 153 Å². The fourth-order valence-electron chi connectivity index (χ4n) is 2.42. The first-order valence-electron chi connectivity index (χ1n) is 8.08. The molecular formula is C15H31NaO4S. The molecule has 0 aromatic carbocycles. The van der Waals surface area contributed by atoms with Gasteiger partial charge in [0.1, 0.15) is 0 Å². The zero-order chi connectivity index (χ0) is 15.3. The van der Waals surface area contributed by atoms with E-state index in [1.807, 2.05) is 0 Å². The number of aliphatic hydroxyl groups is 1. The molecule has 0 aromatic rings. The van der Waals surface area contributed by atoms with Crippen LogP contribution in [-0.4, -0.2) is 29.9 Å². The van der Waals surface area contributed by atoms with Crippen LogP contribution in [0.3, 0.4) is 0 Å². The summed E-state index contributed by atoms with van der Waals surface area (Å²) in [7, 11) is -4.18. The molecule has 6 heteroatoms. The summed E-state index contributed by atoms with van der Waals surface area (Å²) in [5, 5.41) is 7.93. The third-order valence-corrected chi connectivity index (χ3v) is 5.01. The minimum atomic E-state index is -4.18. The molecule has 0 radical (unpaired) electrons. The van der Waals surface area contributed by atoms with Crippen molar-refractivity contribution in [1.82, 2.24) is 0 Å². The molecule has 0 spiro atoms. The van der Waals surface area contributed by atoms with Crippen molar-refractivity contribution in [2.45, 2.75) is 89.2 Å². The molecular weight excluding hydrogens is 299 g/mol.